The van der Waals surface area contributed by atoms with Crippen molar-refractivity contribution >= 4 is 28.9 Å². The van der Waals surface area contributed by atoms with E-state index in [-0.39, 0.29) is 25.1 Å². The van der Waals surface area contributed by atoms with Gasteiger partial charge in [-0.15, -0.1) is 0 Å². The Hall–Kier alpha value is -2.62. The summed E-state index contributed by atoms with van der Waals surface area (Å²) in [5, 5.41) is 3.32. The average molecular weight is 334 g/mol. The first kappa shape index (κ1) is 14.7. The highest BCUT2D eigenvalue weighted by Gasteiger charge is 2.61. The Morgan fingerprint density at radius 1 is 0.800 bits per heavy atom. The van der Waals surface area contributed by atoms with Crippen LogP contribution in [-0.2, 0) is 9.59 Å². The molecule has 2 aromatic carbocycles. The third-order valence-corrected chi connectivity index (χ3v) is 6.12. The molecule has 1 saturated heterocycles. The van der Waals surface area contributed by atoms with E-state index in [0.717, 1.165) is 30.6 Å². The van der Waals surface area contributed by atoms with Crippen LogP contribution >= 0.6 is 0 Å². The highest BCUT2D eigenvalue weighted by atomic mass is 16.2. The summed E-state index contributed by atoms with van der Waals surface area (Å²) in [6.45, 7) is 0. The van der Waals surface area contributed by atoms with Crippen LogP contribution in [-0.4, -0.2) is 11.8 Å². The zero-order valence-electron chi connectivity index (χ0n) is 13.9. The van der Waals surface area contributed by atoms with Crippen LogP contribution in [0.4, 0.5) is 17.1 Å². The lowest BCUT2D eigenvalue weighted by Crippen LogP contribution is -2.32. The van der Waals surface area contributed by atoms with Gasteiger partial charge in [-0.1, -0.05) is 18.2 Å². The minimum Gasteiger partial charge on any atom is -0.356 e. The minimum atomic E-state index is -0.0617. The summed E-state index contributed by atoms with van der Waals surface area (Å²) >= 11 is 0. The number of carbonyl (C=O) groups excluding carboxylic acids is 2. The molecule has 1 N–H and O–H groups in total. The van der Waals surface area contributed by atoms with Crippen molar-refractivity contribution in [1.82, 2.24) is 0 Å². The molecule has 2 saturated carbocycles. The number of fused-ring (bicyclic) bond motifs is 5. The Labute approximate surface area is 148 Å². The van der Waals surface area contributed by atoms with Crippen LogP contribution in [0, 0.1) is 23.7 Å². The monoisotopic (exact) mass is 334 g/mol. The highest BCUT2D eigenvalue weighted by molar-refractivity contribution is 6.22. The standard InChI is InChI=1S/C21H20N2O2.H2/c24-20-18-13-6-7-14(12-13)19(18)21(25)23(20)17-10-8-16(9-11-17)22-15-4-2-1-3-5-15;/h1-5,8-11,13-14,18-19,22H,6-7,12H2;1H. The van der Waals surface area contributed by atoms with Crippen molar-refractivity contribution in [1.29, 1.82) is 0 Å². The Morgan fingerprint density at radius 2 is 1.36 bits per heavy atom. The fourth-order valence-corrected chi connectivity index (χ4v) is 5.05. The molecule has 25 heavy (non-hydrogen) atoms. The van der Waals surface area contributed by atoms with Gasteiger partial charge in [-0.25, -0.2) is 0 Å². The van der Waals surface area contributed by atoms with E-state index in [9.17, 15) is 9.59 Å². The fraction of sp³-hybridized carbons (Fsp3) is 0.333. The van der Waals surface area contributed by atoms with Crippen LogP contribution in [0.25, 0.3) is 0 Å². The molecule has 4 unspecified atom stereocenters. The molecule has 2 aromatic rings. The Bertz CT molecular complexity index is 809. The van der Waals surface area contributed by atoms with Crippen LogP contribution in [0.1, 0.15) is 20.7 Å². The molecule has 3 aliphatic rings. The van der Waals surface area contributed by atoms with Crippen molar-refractivity contribution in [2.24, 2.45) is 23.7 Å². The number of hydrogen-bond donors (Lipinski definition) is 1. The highest BCUT2D eigenvalue weighted by Crippen LogP contribution is 2.56. The number of para-hydroxylation sites is 1. The predicted molar refractivity (Wildman–Crippen MR) is 98.6 cm³/mol. The summed E-state index contributed by atoms with van der Waals surface area (Å²) in [6, 6.07) is 17.5. The summed E-state index contributed by atoms with van der Waals surface area (Å²) in [5.74, 6) is 0.768. The van der Waals surface area contributed by atoms with Crippen molar-refractivity contribution < 1.29 is 11.0 Å². The summed E-state index contributed by atoms with van der Waals surface area (Å²) in [7, 11) is 0. The van der Waals surface area contributed by atoms with Crippen LogP contribution in [0.3, 0.4) is 0 Å². The Morgan fingerprint density at radius 3 is 1.96 bits per heavy atom. The predicted octanol–water partition coefficient (Wildman–Crippen LogP) is 4.21. The third kappa shape index (κ3) is 2.20. The van der Waals surface area contributed by atoms with Crippen LogP contribution in [0.2, 0.25) is 0 Å². The molecule has 2 aliphatic carbocycles. The topological polar surface area (TPSA) is 49.4 Å². The number of nitrogens with zero attached hydrogens (tertiary/aromatic N) is 1. The zero-order chi connectivity index (χ0) is 17.0. The maximum Gasteiger partial charge on any atom is 0.237 e. The summed E-state index contributed by atoms with van der Waals surface area (Å²) < 4.78 is 0. The molecule has 2 bridgehead atoms. The first-order valence-electron chi connectivity index (χ1n) is 9.02. The molecule has 3 fully saturated rings. The number of anilines is 3. The van der Waals surface area contributed by atoms with E-state index in [1.54, 1.807) is 0 Å². The Balaban J connectivity index is 0.00000168. The summed E-state index contributed by atoms with van der Waals surface area (Å²) in [4.78, 5) is 27.1. The number of nitrogens with one attached hydrogen (secondary N) is 1. The minimum absolute atomic E-state index is 0. The number of benzene rings is 2. The number of hydrogen-bond acceptors (Lipinski definition) is 3. The quantitative estimate of drug-likeness (QED) is 0.855. The summed E-state index contributed by atoms with van der Waals surface area (Å²) in [6.07, 6.45) is 3.29. The fourth-order valence-electron chi connectivity index (χ4n) is 5.05. The molecule has 128 valence electrons. The number of carbonyl (C=O) groups is 2. The zero-order valence-corrected chi connectivity index (χ0v) is 13.9. The second-order valence-corrected chi connectivity index (χ2v) is 7.43. The third-order valence-electron chi connectivity index (χ3n) is 6.12. The average Bonchev–Trinajstić information content (AvgIpc) is 3.31. The van der Waals surface area contributed by atoms with Gasteiger partial charge in [0, 0.05) is 12.8 Å². The second kappa shape index (κ2) is 5.45. The van der Waals surface area contributed by atoms with E-state index in [0.29, 0.717) is 17.5 Å². The molecule has 5 rings (SSSR count). The van der Waals surface area contributed by atoms with E-state index >= 15 is 0 Å². The van der Waals surface area contributed by atoms with E-state index in [4.69, 9.17) is 0 Å². The van der Waals surface area contributed by atoms with E-state index < -0.39 is 0 Å². The van der Waals surface area contributed by atoms with Gasteiger partial charge < -0.3 is 5.32 Å². The van der Waals surface area contributed by atoms with Gasteiger partial charge in [0.1, 0.15) is 0 Å². The molecule has 0 aromatic heterocycles. The molecule has 1 aliphatic heterocycles. The van der Waals surface area contributed by atoms with Gasteiger partial charge >= 0.3 is 0 Å². The lowest BCUT2D eigenvalue weighted by molar-refractivity contribution is -0.123. The van der Waals surface area contributed by atoms with Gasteiger partial charge in [0.05, 0.1) is 17.5 Å². The van der Waals surface area contributed by atoms with Gasteiger partial charge in [0.15, 0.2) is 0 Å². The van der Waals surface area contributed by atoms with Crippen molar-refractivity contribution in [3.05, 3.63) is 54.6 Å². The molecular formula is C21H22N2O2. The van der Waals surface area contributed by atoms with Gasteiger partial charge in [-0.3, -0.25) is 14.5 Å². The molecule has 2 amide bonds. The smallest absolute Gasteiger partial charge is 0.237 e. The van der Waals surface area contributed by atoms with E-state index in [2.05, 4.69) is 5.32 Å². The van der Waals surface area contributed by atoms with E-state index in [1.165, 1.54) is 4.90 Å². The van der Waals surface area contributed by atoms with Gasteiger partial charge in [0.25, 0.3) is 0 Å². The van der Waals surface area contributed by atoms with Crippen molar-refractivity contribution in [3.63, 3.8) is 0 Å². The maximum absolute atomic E-state index is 12.9. The first-order valence-corrected chi connectivity index (χ1v) is 9.02. The lowest BCUT2D eigenvalue weighted by Gasteiger charge is -2.19. The first-order chi connectivity index (χ1) is 12.2. The van der Waals surface area contributed by atoms with E-state index in [1.807, 2.05) is 54.6 Å². The van der Waals surface area contributed by atoms with Gasteiger partial charge in [0.2, 0.25) is 11.8 Å². The second-order valence-electron chi connectivity index (χ2n) is 7.43. The lowest BCUT2D eigenvalue weighted by atomic mass is 9.81. The number of amides is 2. The molecule has 0 radical (unpaired) electrons. The summed E-state index contributed by atoms with van der Waals surface area (Å²) in [5.41, 5.74) is 2.64. The molecular weight excluding hydrogens is 312 g/mol. The molecule has 1 heterocycles. The van der Waals surface area contributed by atoms with Gasteiger partial charge in [-0.05, 0) is 67.5 Å². The van der Waals surface area contributed by atoms with Crippen molar-refractivity contribution in [2.45, 2.75) is 19.3 Å². The largest absolute Gasteiger partial charge is 0.356 e. The SMILES string of the molecule is O=C1C2C3CCC(C3)C2C(=O)N1c1ccc(Nc2ccccc2)cc1.[HH]. The molecule has 4 nitrogen and oxygen atoms in total. The Kier molecular flexibility index (Phi) is 3.20. The normalized spacial score (nSPS) is 30.0. The van der Waals surface area contributed by atoms with Crippen molar-refractivity contribution in [2.75, 3.05) is 10.2 Å². The number of rotatable bonds is 3. The molecule has 4 atom stereocenters. The van der Waals surface area contributed by atoms with Crippen LogP contribution in [0.5, 0.6) is 0 Å². The maximum atomic E-state index is 12.9. The van der Waals surface area contributed by atoms with Crippen molar-refractivity contribution in [3.8, 4) is 0 Å². The van der Waals surface area contributed by atoms with Crippen LogP contribution in [0.15, 0.2) is 54.6 Å². The molecule has 0 spiro atoms. The van der Waals surface area contributed by atoms with Gasteiger partial charge in [-0.2, -0.15) is 0 Å². The molecule has 4 heteroatoms. The van der Waals surface area contributed by atoms with Crippen LogP contribution < -0.4 is 10.2 Å². The number of imide groups is 1.